The summed E-state index contributed by atoms with van der Waals surface area (Å²) in [4.78, 5) is 53.3. The molecule has 2 aliphatic heterocycles. The third-order valence-corrected chi connectivity index (χ3v) is 9.35. The summed E-state index contributed by atoms with van der Waals surface area (Å²) in [5.74, 6) is -2.49. The topological polar surface area (TPSA) is 188 Å². The normalized spacial score (nSPS) is 23.0. The van der Waals surface area contributed by atoms with E-state index in [1.54, 1.807) is 0 Å². The van der Waals surface area contributed by atoms with Crippen molar-refractivity contribution in [1.82, 2.24) is 9.80 Å². The number of likely N-dealkylation sites (tertiary alicyclic amines) is 2. The van der Waals surface area contributed by atoms with E-state index in [1.165, 1.54) is 0 Å². The number of ether oxygens (including phenoxy) is 2. The molecule has 250 valence electrons. The molecule has 4 aliphatic rings. The summed E-state index contributed by atoms with van der Waals surface area (Å²) in [5.41, 5.74) is 2.04. The second kappa shape index (κ2) is 17.6. The number of carbonyl (C=O) groups is 4. The van der Waals surface area contributed by atoms with Gasteiger partial charge in [-0.25, -0.2) is 9.59 Å². The monoisotopic (exact) mass is 652 g/mol. The number of hydrogen-bond donors (Lipinski definition) is 0. The van der Waals surface area contributed by atoms with E-state index in [2.05, 4.69) is 21.9 Å². The molecule has 12 heteroatoms. The maximum absolute atomic E-state index is 12.9. The first-order valence-corrected chi connectivity index (χ1v) is 16.7. The van der Waals surface area contributed by atoms with Gasteiger partial charge in [0.2, 0.25) is 0 Å². The lowest BCUT2D eigenvalue weighted by Gasteiger charge is -2.30. The second-order valence-corrected chi connectivity index (χ2v) is 12.5. The summed E-state index contributed by atoms with van der Waals surface area (Å²) in [5, 5.41) is 39.5. The zero-order chi connectivity index (χ0) is 34.5. The van der Waals surface area contributed by atoms with Crippen molar-refractivity contribution < 1.29 is 28.7 Å². The van der Waals surface area contributed by atoms with Gasteiger partial charge in [-0.15, -0.1) is 0 Å². The zero-order valence-electron chi connectivity index (χ0n) is 27.2. The van der Waals surface area contributed by atoms with E-state index in [1.807, 2.05) is 12.1 Å². The van der Waals surface area contributed by atoms with Crippen LogP contribution < -0.4 is 0 Å². The standard InChI is InChI=1S/C36H40N6O6/c37-19-29-27(15-25(23-43)17-33(29)41-9-3-4-10-41)31(21-39)35(45)47-13-7-1-2-8-14-48-36(46)32(22-40)28-16-26(24-44)18-34(30(28)20-38)42-11-5-6-12-42/h23-26H,1-18H2/b31-27+,32-28+. The number of esters is 2. The average Bonchev–Trinajstić information content (AvgIpc) is 3.85. The molecule has 0 aromatic rings. The van der Waals surface area contributed by atoms with E-state index in [9.17, 15) is 40.2 Å². The van der Waals surface area contributed by atoms with Gasteiger partial charge in [-0.1, -0.05) is 0 Å². The fourth-order valence-electron chi connectivity index (χ4n) is 6.89. The maximum Gasteiger partial charge on any atom is 0.349 e. The lowest BCUT2D eigenvalue weighted by Crippen LogP contribution is -2.27. The van der Waals surface area contributed by atoms with Crippen molar-refractivity contribution in [3.8, 4) is 24.3 Å². The van der Waals surface area contributed by atoms with Crippen molar-refractivity contribution in [2.75, 3.05) is 39.4 Å². The second-order valence-electron chi connectivity index (χ2n) is 12.5. The van der Waals surface area contributed by atoms with Gasteiger partial charge >= 0.3 is 11.9 Å². The van der Waals surface area contributed by atoms with E-state index < -0.39 is 23.8 Å². The van der Waals surface area contributed by atoms with Gasteiger partial charge in [0.05, 0.1) is 24.4 Å². The number of unbranched alkanes of at least 4 members (excludes halogenated alkanes) is 3. The number of allylic oxidation sites excluding steroid dienone is 6. The molecule has 0 saturated carbocycles. The first-order chi connectivity index (χ1) is 23.4. The molecule has 0 aromatic heterocycles. The van der Waals surface area contributed by atoms with Crippen molar-refractivity contribution in [2.45, 2.75) is 77.0 Å². The third-order valence-electron chi connectivity index (χ3n) is 9.35. The highest BCUT2D eigenvalue weighted by Crippen LogP contribution is 2.39. The Balaban J connectivity index is 1.28. The molecule has 0 bridgehead atoms. The van der Waals surface area contributed by atoms with Crippen LogP contribution in [0.5, 0.6) is 0 Å². The molecule has 2 heterocycles. The van der Waals surface area contributed by atoms with E-state index in [0.717, 1.165) is 64.4 Å². The van der Waals surface area contributed by atoms with Crippen LogP contribution in [-0.2, 0) is 28.7 Å². The SMILES string of the molecule is N#CC1=C(N2CCCC2)CC(C=O)C/C1=C(/C#N)C(=O)OCCCCCCOC(=O)/C(C#N)=C1\CC(C=O)CC(N2CCCC2)=C1C#N. The maximum atomic E-state index is 12.9. The number of aldehydes is 2. The molecular formula is C36H40N6O6. The molecule has 4 rings (SSSR count). The van der Waals surface area contributed by atoms with E-state index in [4.69, 9.17) is 9.47 Å². The highest BCUT2D eigenvalue weighted by molar-refractivity contribution is 5.96. The highest BCUT2D eigenvalue weighted by Gasteiger charge is 2.34. The van der Waals surface area contributed by atoms with Crippen LogP contribution in [0.15, 0.2) is 44.8 Å². The van der Waals surface area contributed by atoms with Gasteiger partial charge < -0.3 is 28.9 Å². The summed E-state index contributed by atoms with van der Waals surface area (Å²) in [6, 6.07) is 8.15. The molecule has 0 spiro atoms. The van der Waals surface area contributed by atoms with Crippen molar-refractivity contribution in [1.29, 1.82) is 21.0 Å². The molecular weight excluding hydrogens is 612 g/mol. The molecule has 2 fully saturated rings. The van der Waals surface area contributed by atoms with E-state index in [-0.39, 0.29) is 59.5 Å². The molecule has 0 aromatic carbocycles. The van der Waals surface area contributed by atoms with Gasteiger partial charge in [0.15, 0.2) is 0 Å². The van der Waals surface area contributed by atoms with Crippen LogP contribution in [0.3, 0.4) is 0 Å². The first kappa shape index (κ1) is 35.7. The molecule has 12 nitrogen and oxygen atoms in total. The Morgan fingerprint density at radius 2 is 1.00 bits per heavy atom. The van der Waals surface area contributed by atoms with E-state index >= 15 is 0 Å². The summed E-state index contributed by atoms with van der Waals surface area (Å²) >= 11 is 0. The number of rotatable bonds is 13. The van der Waals surface area contributed by atoms with Crippen LogP contribution in [0.1, 0.15) is 77.0 Å². The first-order valence-electron chi connectivity index (χ1n) is 16.7. The van der Waals surface area contributed by atoms with Crippen LogP contribution in [-0.4, -0.2) is 73.7 Å². The molecule has 0 radical (unpaired) electrons. The fraction of sp³-hybridized carbons (Fsp3) is 0.556. The van der Waals surface area contributed by atoms with Crippen LogP contribution in [0.4, 0.5) is 0 Å². The van der Waals surface area contributed by atoms with Crippen molar-refractivity contribution in [3.05, 3.63) is 44.8 Å². The molecule has 0 N–H and O–H groups in total. The van der Waals surface area contributed by atoms with Crippen LogP contribution in [0, 0.1) is 57.2 Å². The Kier molecular flexibility index (Phi) is 13.1. The average molecular weight is 653 g/mol. The molecule has 0 amide bonds. The van der Waals surface area contributed by atoms with Crippen LogP contribution in [0.2, 0.25) is 0 Å². The Morgan fingerprint density at radius 3 is 1.31 bits per heavy atom. The van der Waals surface area contributed by atoms with Gasteiger partial charge in [-0.2, -0.15) is 21.0 Å². The predicted molar refractivity (Wildman–Crippen MR) is 170 cm³/mol. The number of nitriles is 4. The summed E-state index contributed by atoms with van der Waals surface area (Å²) in [6.07, 6.45) is 8.85. The van der Waals surface area contributed by atoms with Crippen LogP contribution >= 0.6 is 0 Å². The quantitative estimate of drug-likeness (QED) is 0.0906. The third kappa shape index (κ3) is 8.38. The van der Waals surface area contributed by atoms with Gasteiger partial charge in [0.1, 0.15) is 48.0 Å². The van der Waals surface area contributed by atoms with E-state index in [0.29, 0.717) is 49.9 Å². The Hall–Kier alpha value is -5.20. The minimum absolute atomic E-state index is 0.0456. The Bertz CT molecular complexity index is 1460. The predicted octanol–water partition coefficient (Wildman–Crippen LogP) is 4.24. The van der Waals surface area contributed by atoms with Gasteiger partial charge in [-0.05, 0) is 88.2 Å². The molecule has 2 saturated heterocycles. The highest BCUT2D eigenvalue weighted by atomic mass is 16.5. The smallest absolute Gasteiger partial charge is 0.349 e. The Morgan fingerprint density at radius 1 is 0.625 bits per heavy atom. The van der Waals surface area contributed by atoms with Crippen molar-refractivity contribution in [3.63, 3.8) is 0 Å². The summed E-state index contributed by atoms with van der Waals surface area (Å²) in [7, 11) is 0. The largest absolute Gasteiger partial charge is 0.462 e. The zero-order valence-corrected chi connectivity index (χ0v) is 27.2. The summed E-state index contributed by atoms with van der Waals surface area (Å²) < 4.78 is 10.7. The fourth-order valence-corrected chi connectivity index (χ4v) is 6.89. The van der Waals surface area contributed by atoms with Gasteiger partial charge in [-0.3, -0.25) is 0 Å². The number of carbonyl (C=O) groups excluding carboxylic acids is 4. The molecule has 2 unspecified atom stereocenters. The summed E-state index contributed by atoms with van der Waals surface area (Å²) in [6.45, 7) is 3.16. The number of hydrogen-bond acceptors (Lipinski definition) is 12. The van der Waals surface area contributed by atoms with Gasteiger partial charge in [0, 0.05) is 49.4 Å². The minimum atomic E-state index is -0.822. The lowest BCUT2D eigenvalue weighted by atomic mass is 9.81. The van der Waals surface area contributed by atoms with Crippen molar-refractivity contribution in [2.24, 2.45) is 11.8 Å². The Labute approximate surface area is 281 Å². The molecule has 2 aliphatic carbocycles. The minimum Gasteiger partial charge on any atom is -0.462 e. The van der Waals surface area contributed by atoms with Crippen LogP contribution in [0.25, 0.3) is 0 Å². The number of nitrogens with zero attached hydrogens (tertiary/aromatic N) is 6. The van der Waals surface area contributed by atoms with Gasteiger partial charge in [0.25, 0.3) is 0 Å². The lowest BCUT2D eigenvalue weighted by molar-refractivity contribution is -0.140. The van der Waals surface area contributed by atoms with Crippen molar-refractivity contribution >= 4 is 24.5 Å². The molecule has 2 atom stereocenters. The molecule has 48 heavy (non-hydrogen) atoms.